The Morgan fingerprint density at radius 1 is 1.47 bits per heavy atom. The van der Waals surface area contributed by atoms with E-state index in [1.807, 2.05) is 20.8 Å². The van der Waals surface area contributed by atoms with Crippen LogP contribution in [0.5, 0.6) is 0 Å². The van der Waals surface area contributed by atoms with Gasteiger partial charge in [-0.2, -0.15) is 0 Å². The fraction of sp³-hybridized carbons (Fsp3) is 0.917. The maximum atomic E-state index is 11.6. The van der Waals surface area contributed by atoms with Crippen LogP contribution in [0.1, 0.15) is 33.6 Å². The average Bonchev–Trinajstić information content (AvgIpc) is 2.11. The molecule has 0 unspecified atom stereocenters. The third kappa shape index (κ3) is 5.37. The molecule has 1 aliphatic rings. The summed E-state index contributed by atoms with van der Waals surface area (Å²) in [5.74, 6) is 0. The molecule has 5 heteroatoms. The van der Waals surface area contributed by atoms with Crippen LogP contribution in [0.25, 0.3) is 0 Å². The van der Waals surface area contributed by atoms with Crippen LogP contribution in [0, 0.1) is 0 Å². The lowest BCUT2D eigenvalue weighted by atomic mass is 9.88. The predicted octanol–water partition coefficient (Wildman–Crippen LogP) is 0.933. The van der Waals surface area contributed by atoms with Crippen molar-refractivity contribution in [1.82, 2.24) is 10.2 Å². The van der Waals surface area contributed by atoms with Crippen LogP contribution in [0.4, 0.5) is 4.79 Å². The summed E-state index contributed by atoms with van der Waals surface area (Å²) in [4.78, 5) is 13.2. The number of likely N-dealkylation sites (N-methyl/N-ethyl adjacent to an activating group) is 1. The first-order chi connectivity index (χ1) is 7.78. The molecular formula is C12H25N3O2. The van der Waals surface area contributed by atoms with E-state index in [4.69, 9.17) is 10.5 Å². The molecule has 17 heavy (non-hydrogen) atoms. The zero-order valence-electron chi connectivity index (χ0n) is 11.3. The van der Waals surface area contributed by atoms with Gasteiger partial charge in [-0.05, 0) is 33.6 Å². The number of rotatable bonds is 4. The highest BCUT2D eigenvalue weighted by Gasteiger charge is 2.25. The first-order valence-electron chi connectivity index (χ1n) is 6.21. The van der Waals surface area contributed by atoms with E-state index in [0.29, 0.717) is 18.6 Å². The number of carbonyl (C=O) groups excluding carboxylic acids is 1. The highest BCUT2D eigenvalue weighted by molar-refractivity contribution is 5.67. The van der Waals surface area contributed by atoms with Crippen LogP contribution in [0.2, 0.25) is 0 Å². The number of amides is 1. The van der Waals surface area contributed by atoms with Crippen LogP contribution in [-0.4, -0.2) is 48.8 Å². The van der Waals surface area contributed by atoms with E-state index < -0.39 is 5.60 Å². The molecular weight excluding hydrogens is 218 g/mol. The Hall–Kier alpha value is -0.810. The van der Waals surface area contributed by atoms with E-state index in [0.717, 1.165) is 19.4 Å². The first kappa shape index (κ1) is 14.3. The molecule has 0 saturated heterocycles. The quantitative estimate of drug-likeness (QED) is 0.771. The van der Waals surface area contributed by atoms with Gasteiger partial charge in [-0.3, -0.25) is 0 Å². The lowest BCUT2D eigenvalue weighted by molar-refractivity contribution is 0.0298. The largest absolute Gasteiger partial charge is 0.444 e. The fourth-order valence-corrected chi connectivity index (χ4v) is 1.70. The van der Waals surface area contributed by atoms with Crippen molar-refractivity contribution in [1.29, 1.82) is 0 Å². The Kier molecular flexibility index (Phi) is 4.77. The van der Waals surface area contributed by atoms with Gasteiger partial charge in [0.1, 0.15) is 5.60 Å². The monoisotopic (exact) mass is 243 g/mol. The van der Waals surface area contributed by atoms with Crippen molar-refractivity contribution in [2.75, 3.05) is 20.1 Å². The van der Waals surface area contributed by atoms with Gasteiger partial charge in [-0.15, -0.1) is 0 Å². The molecule has 0 radical (unpaired) electrons. The van der Waals surface area contributed by atoms with Gasteiger partial charge in [-0.25, -0.2) is 4.79 Å². The fourth-order valence-electron chi connectivity index (χ4n) is 1.70. The molecule has 1 rings (SSSR count). The summed E-state index contributed by atoms with van der Waals surface area (Å²) in [6.07, 6.45) is 1.80. The SMILES string of the molecule is CN(CCNC1CC(N)C1)C(=O)OC(C)(C)C. The summed E-state index contributed by atoms with van der Waals surface area (Å²) in [5.41, 5.74) is 5.26. The third-order valence-electron chi connectivity index (χ3n) is 2.76. The second-order valence-corrected chi connectivity index (χ2v) is 5.78. The predicted molar refractivity (Wildman–Crippen MR) is 67.9 cm³/mol. The van der Waals surface area contributed by atoms with Gasteiger partial charge in [0.2, 0.25) is 0 Å². The van der Waals surface area contributed by atoms with Crippen molar-refractivity contribution < 1.29 is 9.53 Å². The minimum atomic E-state index is -0.431. The van der Waals surface area contributed by atoms with Crippen LogP contribution in [0.3, 0.4) is 0 Å². The van der Waals surface area contributed by atoms with Crippen LogP contribution in [-0.2, 0) is 4.74 Å². The summed E-state index contributed by atoms with van der Waals surface area (Å²) in [7, 11) is 1.75. The van der Waals surface area contributed by atoms with Crippen molar-refractivity contribution in [2.24, 2.45) is 5.73 Å². The van der Waals surface area contributed by atoms with E-state index in [9.17, 15) is 4.79 Å². The Morgan fingerprint density at radius 2 is 2.06 bits per heavy atom. The first-order valence-corrected chi connectivity index (χ1v) is 6.21. The van der Waals surface area contributed by atoms with E-state index in [1.165, 1.54) is 0 Å². The highest BCUT2D eigenvalue weighted by atomic mass is 16.6. The molecule has 1 saturated carbocycles. The van der Waals surface area contributed by atoms with Gasteiger partial charge in [0, 0.05) is 32.2 Å². The molecule has 1 aliphatic carbocycles. The molecule has 5 nitrogen and oxygen atoms in total. The van der Waals surface area contributed by atoms with E-state index in [-0.39, 0.29) is 6.09 Å². The summed E-state index contributed by atoms with van der Waals surface area (Å²) in [5, 5.41) is 3.37. The Labute approximate surface area is 104 Å². The maximum absolute atomic E-state index is 11.6. The lowest BCUT2D eigenvalue weighted by Crippen LogP contribution is -2.50. The molecule has 0 bridgehead atoms. The number of nitrogens with one attached hydrogen (secondary N) is 1. The van der Waals surface area contributed by atoms with Gasteiger partial charge in [0.15, 0.2) is 0 Å². The van der Waals surface area contributed by atoms with Crippen LogP contribution < -0.4 is 11.1 Å². The third-order valence-corrected chi connectivity index (χ3v) is 2.76. The smallest absolute Gasteiger partial charge is 0.410 e. The molecule has 0 aromatic rings. The molecule has 0 aliphatic heterocycles. The second kappa shape index (κ2) is 5.69. The molecule has 0 spiro atoms. The van der Waals surface area contributed by atoms with Crippen LogP contribution in [0.15, 0.2) is 0 Å². The Balaban J connectivity index is 2.12. The highest BCUT2D eigenvalue weighted by Crippen LogP contribution is 2.16. The minimum absolute atomic E-state index is 0.274. The number of nitrogens with two attached hydrogens (primary N) is 1. The number of hydrogen-bond acceptors (Lipinski definition) is 4. The van der Waals surface area contributed by atoms with Gasteiger partial charge < -0.3 is 20.7 Å². The summed E-state index contributed by atoms with van der Waals surface area (Å²) in [6.45, 7) is 7.04. The summed E-state index contributed by atoms with van der Waals surface area (Å²) >= 11 is 0. The van der Waals surface area contributed by atoms with Crippen molar-refractivity contribution >= 4 is 6.09 Å². The normalized spacial score (nSPS) is 24.1. The number of hydrogen-bond donors (Lipinski definition) is 2. The molecule has 0 atom stereocenters. The zero-order chi connectivity index (χ0) is 13.1. The van der Waals surface area contributed by atoms with Crippen LogP contribution >= 0.6 is 0 Å². The molecule has 100 valence electrons. The second-order valence-electron chi connectivity index (χ2n) is 5.78. The van der Waals surface area contributed by atoms with E-state index >= 15 is 0 Å². The molecule has 1 amide bonds. The summed E-state index contributed by atoms with van der Waals surface area (Å²) < 4.78 is 5.25. The van der Waals surface area contributed by atoms with Gasteiger partial charge in [0.05, 0.1) is 0 Å². The van der Waals surface area contributed by atoms with E-state index in [1.54, 1.807) is 11.9 Å². The van der Waals surface area contributed by atoms with Crippen molar-refractivity contribution in [2.45, 2.75) is 51.3 Å². The number of carbonyl (C=O) groups is 1. The molecule has 0 heterocycles. The maximum Gasteiger partial charge on any atom is 0.410 e. The lowest BCUT2D eigenvalue weighted by Gasteiger charge is -2.33. The molecule has 0 aromatic carbocycles. The standard InChI is InChI=1S/C12H25N3O2/c1-12(2,3)17-11(16)15(4)6-5-14-10-7-9(13)8-10/h9-10,14H,5-8,13H2,1-4H3. The average molecular weight is 243 g/mol. The molecule has 0 aromatic heterocycles. The molecule has 1 fully saturated rings. The Morgan fingerprint density at radius 3 is 2.53 bits per heavy atom. The zero-order valence-corrected chi connectivity index (χ0v) is 11.3. The minimum Gasteiger partial charge on any atom is -0.444 e. The van der Waals surface area contributed by atoms with Crippen molar-refractivity contribution in [3.63, 3.8) is 0 Å². The van der Waals surface area contributed by atoms with Gasteiger partial charge in [0.25, 0.3) is 0 Å². The van der Waals surface area contributed by atoms with Gasteiger partial charge >= 0.3 is 6.09 Å². The van der Waals surface area contributed by atoms with Crippen molar-refractivity contribution in [3.8, 4) is 0 Å². The topological polar surface area (TPSA) is 67.6 Å². The Bertz CT molecular complexity index is 257. The van der Waals surface area contributed by atoms with Gasteiger partial charge in [-0.1, -0.05) is 0 Å². The van der Waals surface area contributed by atoms with Crippen molar-refractivity contribution in [3.05, 3.63) is 0 Å². The molecule has 3 N–H and O–H groups in total. The summed E-state index contributed by atoms with van der Waals surface area (Å²) in [6, 6.07) is 0.883. The van der Waals surface area contributed by atoms with E-state index in [2.05, 4.69) is 5.32 Å². The number of ether oxygens (including phenoxy) is 1. The number of nitrogens with zero attached hydrogens (tertiary/aromatic N) is 1.